The molecule has 1 aliphatic heterocycles. The summed E-state index contributed by atoms with van der Waals surface area (Å²) in [6.07, 6.45) is -0.376. The Hall–Kier alpha value is -0.990. The van der Waals surface area contributed by atoms with E-state index in [0.717, 1.165) is 17.2 Å². The number of amides is 1. The molecule has 1 N–H and O–H groups in total. The van der Waals surface area contributed by atoms with E-state index >= 15 is 0 Å². The van der Waals surface area contributed by atoms with E-state index in [1.165, 1.54) is 4.88 Å². The topological polar surface area (TPSA) is 54.5 Å². The highest BCUT2D eigenvalue weighted by Crippen LogP contribution is 2.28. The first kappa shape index (κ1) is 17.4. The summed E-state index contributed by atoms with van der Waals surface area (Å²) in [4.78, 5) is 19.7. The molecule has 22 heavy (non-hydrogen) atoms. The first-order valence-corrected chi connectivity index (χ1v) is 8.55. The number of nitrogens with zero attached hydrogens (tertiary/aromatic N) is 2. The summed E-state index contributed by atoms with van der Waals surface area (Å²) in [5, 5.41) is 8.24. The van der Waals surface area contributed by atoms with Gasteiger partial charge in [0.2, 0.25) is 0 Å². The number of thiophene rings is 1. The van der Waals surface area contributed by atoms with Crippen molar-refractivity contribution in [3.8, 4) is 9.88 Å². The quantitative estimate of drug-likeness (QED) is 0.909. The van der Waals surface area contributed by atoms with Gasteiger partial charge in [-0.25, -0.2) is 4.98 Å². The number of nitrogens with one attached hydrogen (secondary N) is 1. The Morgan fingerprint density at radius 3 is 3.09 bits per heavy atom. The van der Waals surface area contributed by atoms with Gasteiger partial charge < -0.3 is 15.0 Å². The lowest BCUT2D eigenvalue weighted by atomic mass is 10.2. The standard InChI is InChI=1S/C14H17N3O2S2.ClH/c1-17(14(18)11-7-15-4-5-19-11)8-10-9-21-13(16-10)12-3-2-6-20-12;/h2-3,6,9,11,15H,4-5,7-8H2,1H3;1H. The molecule has 3 rings (SSSR count). The van der Waals surface area contributed by atoms with Crippen LogP contribution < -0.4 is 5.32 Å². The van der Waals surface area contributed by atoms with Gasteiger partial charge in [0.25, 0.3) is 5.91 Å². The molecule has 1 atom stereocenters. The van der Waals surface area contributed by atoms with Crippen molar-refractivity contribution in [3.05, 3.63) is 28.6 Å². The van der Waals surface area contributed by atoms with Gasteiger partial charge in [-0.2, -0.15) is 0 Å². The van der Waals surface area contributed by atoms with Gasteiger partial charge in [-0.05, 0) is 11.4 Å². The third kappa shape index (κ3) is 4.05. The first-order valence-electron chi connectivity index (χ1n) is 6.79. The maximum Gasteiger partial charge on any atom is 0.253 e. The van der Waals surface area contributed by atoms with Crippen molar-refractivity contribution in [3.63, 3.8) is 0 Å². The average molecular weight is 360 g/mol. The van der Waals surface area contributed by atoms with Crippen LogP contribution >= 0.6 is 35.1 Å². The minimum Gasteiger partial charge on any atom is -0.366 e. The number of likely N-dealkylation sites (N-methyl/N-ethyl adjacent to an activating group) is 1. The average Bonchev–Trinajstić information content (AvgIpc) is 3.18. The van der Waals surface area contributed by atoms with Gasteiger partial charge in [-0.1, -0.05) is 6.07 Å². The van der Waals surface area contributed by atoms with Crippen LogP contribution in [-0.4, -0.2) is 48.6 Å². The van der Waals surface area contributed by atoms with Crippen LogP contribution in [0.5, 0.6) is 0 Å². The van der Waals surface area contributed by atoms with E-state index in [0.29, 0.717) is 19.7 Å². The Morgan fingerprint density at radius 2 is 2.41 bits per heavy atom. The van der Waals surface area contributed by atoms with E-state index < -0.39 is 0 Å². The number of rotatable bonds is 4. The van der Waals surface area contributed by atoms with Gasteiger partial charge >= 0.3 is 0 Å². The lowest BCUT2D eigenvalue weighted by Gasteiger charge is -2.26. The number of hydrogen-bond donors (Lipinski definition) is 1. The number of ether oxygens (including phenoxy) is 1. The van der Waals surface area contributed by atoms with Gasteiger partial charge in [0.1, 0.15) is 11.1 Å². The molecule has 0 aliphatic carbocycles. The first-order chi connectivity index (χ1) is 10.2. The zero-order valence-electron chi connectivity index (χ0n) is 12.2. The maximum atomic E-state index is 12.3. The number of hydrogen-bond acceptors (Lipinski definition) is 6. The van der Waals surface area contributed by atoms with E-state index in [1.807, 2.05) is 16.8 Å². The van der Waals surface area contributed by atoms with E-state index in [-0.39, 0.29) is 24.4 Å². The summed E-state index contributed by atoms with van der Waals surface area (Å²) < 4.78 is 5.49. The van der Waals surface area contributed by atoms with Crippen LogP contribution in [0.25, 0.3) is 9.88 Å². The minimum atomic E-state index is -0.376. The van der Waals surface area contributed by atoms with E-state index in [1.54, 1.807) is 34.6 Å². The summed E-state index contributed by atoms with van der Waals surface area (Å²) in [6, 6.07) is 4.08. The molecule has 1 aliphatic rings. The van der Waals surface area contributed by atoms with Crippen molar-refractivity contribution in [2.75, 3.05) is 26.7 Å². The number of halogens is 1. The van der Waals surface area contributed by atoms with E-state index in [2.05, 4.69) is 16.4 Å². The monoisotopic (exact) mass is 359 g/mol. The molecule has 5 nitrogen and oxygen atoms in total. The van der Waals surface area contributed by atoms with Crippen LogP contribution in [0.15, 0.2) is 22.9 Å². The second-order valence-corrected chi connectivity index (χ2v) is 6.68. The summed E-state index contributed by atoms with van der Waals surface area (Å²) in [5.74, 6) is 0.00729. The Labute approximate surface area is 143 Å². The predicted molar refractivity (Wildman–Crippen MR) is 91.8 cm³/mol. The van der Waals surface area contributed by atoms with E-state index in [9.17, 15) is 4.79 Å². The third-order valence-corrected chi connectivity index (χ3v) is 5.19. The highest BCUT2D eigenvalue weighted by molar-refractivity contribution is 7.20. The summed E-state index contributed by atoms with van der Waals surface area (Å²) in [6.45, 7) is 2.49. The van der Waals surface area contributed by atoms with Crippen LogP contribution in [0.4, 0.5) is 0 Å². The van der Waals surface area contributed by atoms with Crippen molar-refractivity contribution in [2.24, 2.45) is 0 Å². The largest absolute Gasteiger partial charge is 0.366 e. The van der Waals surface area contributed by atoms with Crippen LogP contribution in [-0.2, 0) is 16.1 Å². The van der Waals surface area contributed by atoms with Crippen molar-refractivity contribution < 1.29 is 9.53 Å². The molecule has 8 heteroatoms. The molecular weight excluding hydrogens is 342 g/mol. The highest BCUT2D eigenvalue weighted by Gasteiger charge is 2.25. The Balaban J connectivity index is 0.00000176. The zero-order valence-corrected chi connectivity index (χ0v) is 14.6. The summed E-state index contributed by atoms with van der Waals surface area (Å²) in [5.41, 5.74) is 0.919. The number of carbonyl (C=O) groups is 1. The van der Waals surface area contributed by atoms with Crippen LogP contribution in [0.2, 0.25) is 0 Å². The zero-order chi connectivity index (χ0) is 14.7. The summed E-state index contributed by atoms with van der Waals surface area (Å²) in [7, 11) is 1.80. The highest BCUT2D eigenvalue weighted by atomic mass is 35.5. The molecule has 0 bridgehead atoms. The second-order valence-electron chi connectivity index (χ2n) is 4.88. The molecular formula is C14H18ClN3O2S2. The molecule has 2 aromatic heterocycles. The van der Waals surface area contributed by atoms with Gasteiger partial charge in [-0.15, -0.1) is 35.1 Å². The number of thiazole rings is 1. The molecule has 120 valence electrons. The molecule has 1 fully saturated rings. The molecule has 2 aromatic rings. The Morgan fingerprint density at radius 1 is 1.55 bits per heavy atom. The van der Waals surface area contributed by atoms with Crippen LogP contribution in [0.3, 0.4) is 0 Å². The molecule has 0 spiro atoms. The van der Waals surface area contributed by atoms with Crippen LogP contribution in [0.1, 0.15) is 5.69 Å². The second kappa shape index (κ2) is 8.03. The minimum absolute atomic E-state index is 0. The molecule has 1 saturated heterocycles. The fourth-order valence-corrected chi connectivity index (χ4v) is 3.81. The fraction of sp³-hybridized carbons (Fsp3) is 0.429. The molecule has 1 unspecified atom stereocenters. The predicted octanol–water partition coefficient (Wildman–Crippen LogP) is 2.24. The Bertz CT molecular complexity index is 597. The molecule has 1 amide bonds. The molecule has 3 heterocycles. The summed E-state index contributed by atoms with van der Waals surface area (Å²) >= 11 is 3.29. The lowest BCUT2D eigenvalue weighted by Crippen LogP contribution is -2.48. The van der Waals surface area contributed by atoms with Crippen molar-refractivity contribution >= 4 is 41.0 Å². The maximum absolute atomic E-state index is 12.3. The third-order valence-electron chi connectivity index (χ3n) is 3.26. The molecule has 0 aromatic carbocycles. The Kier molecular flexibility index (Phi) is 6.34. The number of carbonyl (C=O) groups excluding carboxylic acids is 1. The fourth-order valence-electron chi connectivity index (χ4n) is 2.18. The molecule has 0 radical (unpaired) electrons. The normalized spacial score (nSPS) is 17.8. The van der Waals surface area contributed by atoms with Gasteiger partial charge in [-0.3, -0.25) is 4.79 Å². The van der Waals surface area contributed by atoms with Crippen molar-refractivity contribution in [2.45, 2.75) is 12.6 Å². The van der Waals surface area contributed by atoms with Gasteiger partial charge in [0, 0.05) is 25.5 Å². The number of morpholine rings is 1. The molecule has 0 saturated carbocycles. The smallest absolute Gasteiger partial charge is 0.253 e. The van der Waals surface area contributed by atoms with E-state index in [4.69, 9.17) is 4.74 Å². The SMILES string of the molecule is CN(Cc1csc(-c2cccs2)n1)C(=O)C1CNCCO1.Cl. The van der Waals surface area contributed by atoms with Crippen LogP contribution in [0, 0.1) is 0 Å². The van der Waals surface area contributed by atoms with Gasteiger partial charge in [0.05, 0.1) is 23.7 Å². The number of aromatic nitrogens is 1. The van der Waals surface area contributed by atoms with Gasteiger partial charge in [0.15, 0.2) is 0 Å². The lowest BCUT2D eigenvalue weighted by molar-refractivity contribution is -0.144. The van der Waals surface area contributed by atoms with Crippen molar-refractivity contribution in [1.29, 1.82) is 0 Å². The van der Waals surface area contributed by atoms with Crippen molar-refractivity contribution in [1.82, 2.24) is 15.2 Å².